The van der Waals surface area contributed by atoms with Crippen LogP contribution in [0.15, 0.2) is 24.3 Å². The quantitative estimate of drug-likeness (QED) is 0.681. The van der Waals surface area contributed by atoms with Crippen LogP contribution in [0.1, 0.15) is 62.2 Å². The molecule has 0 saturated carbocycles. The number of para-hydroxylation sites is 1. The van der Waals surface area contributed by atoms with Gasteiger partial charge in [-0.25, -0.2) is 0 Å². The Morgan fingerprint density at radius 1 is 1.12 bits per heavy atom. The Labute approximate surface area is 188 Å². The maximum Gasteiger partial charge on any atom is 0.242 e. The molecule has 0 bridgehead atoms. The molecule has 0 aliphatic carbocycles. The summed E-state index contributed by atoms with van der Waals surface area (Å²) in [5.74, 6) is 0.497. The molecular formula is C24H31N3O5. The third-order valence-corrected chi connectivity index (χ3v) is 6.84. The van der Waals surface area contributed by atoms with Gasteiger partial charge >= 0.3 is 0 Å². The molecule has 8 nitrogen and oxygen atoms in total. The van der Waals surface area contributed by atoms with Crippen LogP contribution in [-0.4, -0.2) is 71.1 Å². The molecule has 3 aliphatic rings. The second-order valence-electron chi connectivity index (χ2n) is 9.02. The molecule has 32 heavy (non-hydrogen) atoms. The highest BCUT2D eigenvalue weighted by Gasteiger charge is 2.44. The predicted molar refractivity (Wildman–Crippen MR) is 117 cm³/mol. The van der Waals surface area contributed by atoms with Crippen LogP contribution in [-0.2, 0) is 14.4 Å². The van der Waals surface area contributed by atoms with Crippen molar-refractivity contribution in [2.24, 2.45) is 0 Å². The van der Waals surface area contributed by atoms with E-state index in [1.54, 1.807) is 24.0 Å². The standard InChI is InChI=1S/C24H31N3O5/c1-17(23(31)25-12-5-14-26-13-4-8-21(26)29)27-15-11-24(10-9-22(27)30)16-19(28)18-6-2-3-7-20(18)32-24/h2-3,6-7,17H,4-5,8-16H2,1H3,(H,25,31)/t17-,24+/m1/s1. The lowest BCUT2D eigenvalue weighted by Crippen LogP contribution is -2.49. The summed E-state index contributed by atoms with van der Waals surface area (Å²) in [5, 5.41) is 2.89. The van der Waals surface area contributed by atoms with E-state index in [1.165, 1.54) is 0 Å². The molecule has 2 fully saturated rings. The number of amides is 3. The fourth-order valence-electron chi connectivity index (χ4n) is 4.90. The van der Waals surface area contributed by atoms with Crippen molar-refractivity contribution in [2.45, 2.75) is 63.5 Å². The first-order valence-electron chi connectivity index (χ1n) is 11.5. The van der Waals surface area contributed by atoms with Crippen molar-refractivity contribution in [1.29, 1.82) is 0 Å². The molecule has 0 aromatic heterocycles. The van der Waals surface area contributed by atoms with Gasteiger partial charge in [-0.3, -0.25) is 19.2 Å². The van der Waals surface area contributed by atoms with E-state index < -0.39 is 11.6 Å². The number of nitrogens with one attached hydrogen (secondary N) is 1. The summed E-state index contributed by atoms with van der Waals surface area (Å²) in [4.78, 5) is 53.3. The van der Waals surface area contributed by atoms with E-state index in [9.17, 15) is 19.2 Å². The SMILES string of the molecule is C[C@H](C(=O)NCCCN1CCCC1=O)N1CC[C@@]2(CCC1=O)CC(=O)c1ccccc1O2. The number of Topliss-reactive ketones (excluding diaryl/α,β-unsaturated/α-hetero) is 1. The number of hydrogen-bond donors (Lipinski definition) is 1. The first-order valence-corrected chi connectivity index (χ1v) is 11.5. The molecule has 4 rings (SSSR count). The molecule has 2 saturated heterocycles. The Bertz CT molecular complexity index is 917. The van der Waals surface area contributed by atoms with Gasteiger partial charge in [-0.2, -0.15) is 0 Å². The Kier molecular flexibility index (Phi) is 6.48. The molecule has 8 heteroatoms. The lowest BCUT2D eigenvalue weighted by atomic mass is 9.84. The van der Waals surface area contributed by atoms with Gasteiger partial charge < -0.3 is 19.9 Å². The molecule has 1 aromatic rings. The normalized spacial score (nSPS) is 24.2. The van der Waals surface area contributed by atoms with Gasteiger partial charge in [-0.1, -0.05) is 12.1 Å². The fraction of sp³-hybridized carbons (Fsp3) is 0.583. The molecular weight excluding hydrogens is 410 g/mol. The number of fused-ring (bicyclic) bond motifs is 1. The number of ketones is 1. The molecule has 1 aromatic carbocycles. The van der Waals surface area contributed by atoms with Crippen LogP contribution in [0.2, 0.25) is 0 Å². The van der Waals surface area contributed by atoms with Crippen molar-refractivity contribution < 1.29 is 23.9 Å². The average Bonchev–Trinajstić information content (AvgIpc) is 3.12. The summed E-state index contributed by atoms with van der Waals surface area (Å²) >= 11 is 0. The number of ether oxygens (including phenoxy) is 1. The number of rotatable bonds is 6. The van der Waals surface area contributed by atoms with E-state index >= 15 is 0 Å². The molecule has 3 amide bonds. The van der Waals surface area contributed by atoms with Crippen LogP contribution < -0.4 is 10.1 Å². The van der Waals surface area contributed by atoms with Crippen LogP contribution in [0.5, 0.6) is 5.75 Å². The van der Waals surface area contributed by atoms with E-state index in [0.29, 0.717) is 56.6 Å². The summed E-state index contributed by atoms with van der Waals surface area (Å²) < 4.78 is 6.25. The van der Waals surface area contributed by atoms with Crippen LogP contribution in [0.4, 0.5) is 0 Å². The van der Waals surface area contributed by atoms with Crippen LogP contribution in [0, 0.1) is 0 Å². The largest absolute Gasteiger partial charge is 0.486 e. The van der Waals surface area contributed by atoms with Crippen molar-refractivity contribution in [1.82, 2.24) is 15.1 Å². The predicted octanol–water partition coefficient (Wildman–Crippen LogP) is 1.92. The van der Waals surface area contributed by atoms with E-state index in [0.717, 1.165) is 13.0 Å². The second-order valence-corrected chi connectivity index (χ2v) is 9.02. The molecule has 1 N–H and O–H groups in total. The van der Waals surface area contributed by atoms with Gasteiger partial charge in [0.1, 0.15) is 17.4 Å². The fourth-order valence-corrected chi connectivity index (χ4v) is 4.90. The summed E-state index contributed by atoms with van der Waals surface area (Å²) in [6.45, 7) is 4.00. The van der Waals surface area contributed by atoms with Gasteiger partial charge in [0.25, 0.3) is 0 Å². The van der Waals surface area contributed by atoms with Crippen molar-refractivity contribution in [3.63, 3.8) is 0 Å². The first-order chi connectivity index (χ1) is 15.4. The molecule has 0 unspecified atom stereocenters. The van der Waals surface area contributed by atoms with Gasteiger partial charge in [0.05, 0.1) is 12.0 Å². The monoisotopic (exact) mass is 441 g/mol. The number of benzene rings is 1. The first kappa shape index (κ1) is 22.3. The third-order valence-electron chi connectivity index (χ3n) is 6.84. The minimum atomic E-state index is -0.700. The highest BCUT2D eigenvalue weighted by atomic mass is 16.5. The molecule has 0 radical (unpaired) electrons. The van der Waals surface area contributed by atoms with Crippen molar-refractivity contribution in [2.75, 3.05) is 26.2 Å². The Morgan fingerprint density at radius 2 is 1.94 bits per heavy atom. The Morgan fingerprint density at radius 3 is 2.72 bits per heavy atom. The van der Waals surface area contributed by atoms with E-state index in [-0.39, 0.29) is 36.3 Å². The molecule has 1 spiro atoms. The summed E-state index contributed by atoms with van der Waals surface area (Å²) in [6.07, 6.45) is 3.67. The van der Waals surface area contributed by atoms with Gasteiger partial charge in [-0.15, -0.1) is 0 Å². The number of carbonyl (C=O) groups excluding carboxylic acids is 4. The molecule has 3 heterocycles. The Hall–Kier alpha value is -2.90. The zero-order valence-corrected chi connectivity index (χ0v) is 18.6. The number of likely N-dealkylation sites (tertiary alicyclic amines) is 2. The van der Waals surface area contributed by atoms with Crippen LogP contribution >= 0.6 is 0 Å². The highest BCUT2D eigenvalue weighted by molar-refractivity contribution is 6.00. The maximum atomic E-state index is 12.8. The number of nitrogens with zero attached hydrogens (tertiary/aromatic N) is 2. The van der Waals surface area contributed by atoms with Crippen LogP contribution in [0.3, 0.4) is 0 Å². The molecule has 3 aliphatic heterocycles. The average molecular weight is 442 g/mol. The lowest BCUT2D eigenvalue weighted by Gasteiger charge is -2.37. The van der Waals surface area contributed by atoms with Gasteiger partial charge in [-0.05, 0) is 38.3 Å². The van der Waals surface area contributed by atoms with Crippen molar-refractivity contribution >= 4 is 23.5 Å². The number of hydrogen-bond acceptors (Lipinski definition) is 5. The minimum absolute atomic E-state index is 0.0371. The van der Waals surface area contributed by atoms with Crippen molar-refractivity contribution in [3.8, 4) is 5.75 Å². The van der Waals surface area contributed by atoms with Gasteiger partial charge in [0, 0.05) is 45.4 Å². The Balaban J connectivity index is 1.31. The van der Waals surface area contributed by atoms with Gasteiger partial charge in [0.2, 0.25) is 17.7 Å². The zero-order chi connectivity index (χ0) is 22.7. The van der Waals surface area contributed by atoms with E-state index in [1.807, 2.05) is 17.0 Å². The molecule has 172 valence electrons. The maximum absolute atomic E-state index is 12.8. The number of carbonyl (C=O) groups is 4. The van der Waals surface area contributed by atoms with Gasteiger partial charge in [0.15, 0.2) is 5.78 Å². The van der Waals surface area contributed by atoms with Crippen LogP contribution in [0.25, 0.3) is 0 Å². The van der Waals surface area contributed by atoms with Crippen molar-refractivity contribution in [3.05, 3.63) is 29.8 Å². The third kappa shape index (κ3) is 4.64. The molecule has 2 atom stereocenters. The zero-order valence-electron chi connectivity index (χ0n) is 18.6. The summed E-state index contributed by atoms with van der Waals surface area (Å²) in [6, 6.07) is 6.62. The highest BCUT2D eigenvalue weighted by Crippen LogP contribution is 2.39. The summed E-state index contributed by atoms with van der Waals surface area (Å²) in [5.41, 5.74) is -0.108. The summed E-state index contributed by atoms with van der Waals surface area (Å²) in [7, 11) is 0. The minimum Gasteiger partial charge on any atom is -0.486 e. The lowest BCUT2D eigenvalue weighted by molar-refractivity contribution is -0.139. The van der Waals surface area contributed by atoms with E-state index in [4.69, 9.17) is 4.74 Å². The second kappa shape index (κ2) is 9.30. The van der Waals surface area contributed by atoms with E-state index in [2.05, 4.69) is 5.32 Å². The topological polar surface area (TPSA) is 96.0 Å². The smallest absolute Gasteiger partial charge is 0.242 e.